The molecule has 2 aromatic rings. The number of aryl methyl sites for hydroxylation is 3. The molecule has 2 aromatic heterocycles. The molecule has 0 aliphatic carbocycles. The Balaban J connectivity index is 1.69. The van der Waals surface area contributed by atoms with Gasteiger partial charge in [-0.1, -0.05) is 13.0 Å². The second kappa shape index (κ2) is 8.63. The topological polar surface area (TPSA) is 80.4 Å². The zero-order chi connectivity index (χ0) is 21.1. The van der Waals surface area contributed by atoms with Crippen molar-refractivity contribution < 1.29 is 9.59 Å². The molecule has 1 atom stereocenters. The molecule has 0 aromatic carbocycles. The van der Waals surface area contributed by atoms with Crippen LogP contribution >= 0.6 is 0 Å². The SMILES string of the molecule is CCc1nn(C)cc1C(=O)N1CCCC(N(C)C(=O)Cn2cccc(C)c2=O)C1. The molecule has 1 fully saturated rings. The Morgan fingerprint density at radius 3 is 2.83 bits per heavy atom. The van der Waals surface area contributed by atoms with E-state index in [1.807, 2.05) is 18.9 Å². The predicted molar refractivity (Wildman–Crippen MR) is 110 cm³/mol. The molecule has 1 saturated heterocycles. The van der Waals surface area contributed by atoms with E-state index in [9.17, 15) is 14.4 Å². The fourth-order valence-electron chi connectivity index (χ4n) is 3.84. The number of pyridine rings is 1. The Hall–Kier alpha value is -2.90. The monoisotopic (exact) mass is 399 g/mol. The van der Waals surface area contributed by atoms with E-state index < -0.39 is 0 Å². The summed E-state index contributed by atoms with van der Waals surface area (Å²) in [5.74, 6) is -0.164. The number of amides is 2. The summed E-state index contributed by atoms with van der Waals surface area (Å²) < 4.78 is 3.10. The Kier molecular flexibility index (Phi) is 6.20. The maximum absolute atomic E-state index is 13.0. The third kappa shape index (κ3) is 4.41. The third-order valence-electron chi connectivity index (χ3n) is 5.61. The van der Waals surface area contributed by atoms with E-state index in [4.69, 9.17) is 0 Å². The molecule has 0 radical (unpaired) electrons. The van der Waals surface area contributed by atoms with Crippen molar-refractivity contribution in [2.24, 2.45) is 7.05 Å². The molecule has 3 heterocycles. The van der Waals surface area contributed by atoms with Gasteiger partial charge in [0, 0.05) is 51.2 Å². The smallest absolute Gasteiger partial charge is 0.257 e. The molecule has 1 unspecified atom stereocenters. The predicted octanol–water partition coefficient (Wildman–Crippen LogP) is 1.22. The summed E-state index contributed by atoms with van der Waals surface area (Å²) in [6.45, 7) is 4.89. The molecular weight excluding hydrogens is 370 g/mol. The molecule has 8 nitrogen and oxygen atoms in total. The van der Waals surface area contributed by atoms with Gasteiger partial charge in [-0.3, -0.25) is 19.1 Å². The Labute approximate surface area is 170 Å². The first-order chi connectivity index (χ1) is 13.8. The largest absolute Gasteiger partial charge is 0.339 e. The molecule has 0 N–H and O–H groups in total. The summed E-state index contributed by atoms with van der Waals surface area (Å²) in [7, 11) is 3.57. The molecule has 1 aliphatic rings. The second-order valence-electron chi connectivity index (χ2n) is 7.69. The first-order valence-corrected chi connectivity index (χ1v) is 10.0. The maximum atomic E-state index is 13.0. The molecule has 0 bridgehead atoms. The third-order valence-corrected chi connectivity index (χ3v) is 5.61. The number of carbonyl (C=O) groups excluding carboxylic acids is 2. The summed E-state index contributed by atoms with van der Waals surface area (Å²) in [5, 5.41) is 4.36. The summed E-state index contributed by atoms with van der Waals surface area (Å²) in [6.07, 6.45) is 5.77. The van der Waals surface area contributed by atoms with Gasteiger partial charge in [0.1, 0.15) is 6.54 Å². The van der Waals surface area contributed by atoms with Crippen molar-refractivity contribution in [3.63, 3.8) is 0 Å². The maximum Gasteiger partial charge on any atom is 0.257 e. The lowest BCUT2D eigenvalue weighted by Crippen LogP contribution is -2.51. The van der Waals surface area contributed by atoms with Crippen LogP contribution in [0, 0.1) is 6.92 Å². The number of piperidine rings is 1. The van der Waals surface area contributed by atoms with Crippen molar-refractivity contribution >= 4 is 11.8 Å². The zero-order valence-corrected chi connectivity index (χ0v) is 17.6. The van der Waals surface area contributed by atoms with Crippen LogP contribution in [-0.4, -0.2) is 62.1 Å². The van der Waals surface area contributed by atoms with E-state index >= 15 is 0 Å². The van der Waals surface area contributed by atoms with Crippen LogP contribution in [-0.2, 0) is 24.8 Å². The van der Waals surface area contributed by atoms with Crippen molar-refractivity contribution in [1.82, 2.24) is 24.1 Å². The van der Waals surface area contributed by atoms with Crippen LogP contribution in [0.15, 0.2) is 29.3 Å². The summed E-state index contributed by atoms with van der Waals surface area (Å²) in [6, 6.07) is 3.44. The molecule has 29 heavy (non-hydrogen) atoms. The number of nitrogens with zero attached hydrogens (tertiary/aromatic N) is 5. The summed E-state index contributed by atoms with van der Waals surface area (Å²) >= 11 is 0. The van der Waals surface area contributed by atoms with Crippen LogP contribution in [0.2, 0.25) is 0 Å². The van der Waals surface area contributed by atoms with E-state index in [1.54, 1.807) is 48.1 Å². The van der Waals surface area contributed by atoms with Gasteiger partial charge in [0.05, 0.1) is 11.3 Å². The highest BCUT2D eigenvalue weighted by Crippen LogP contribution is 2.19. The number of rotatable bonds is 5. The van der Waals surface area contributed by atoms with Gasteiger partial charge in [0.2, 0.25) is 5.91 Å². The van der Waals surface area contributed by atoms with Crippen LogP contribution in [0.4, 0.5) is 0 Å². The minimum absolute atomic E-state index is 0.00402. The van der Waals surface area contributed by atoms with E-state index in [0.717, 1.165) is 18.5 Å². The number of hydrogen-bond acceptors (Lipinski definition) is 4. The lowest BCUT2D eigenvalue weighted by atomic mass is 10.0. The van der Waals surface area contributed by atoms with E-state index in [0.29, 0.717) is 30.6 Å². The number of carbonyl (C=O) groups is 2. The second-order valence-corrected chi connectivity index (χ2v) is 7.69. The highest BCUT2D eigenvalue weighted by molar-refractivity contribution is 5.95. The number of likely N-dealkylation sites (N-methyl/N-ethyl adjacent to an activating group) is 1. The number of likely N-dealkylation sites (tertiary alicyclic amines) is 1. The van der Waals surface area contributed by atoms with Crippen LogP contribution in [0.3, 0.4) is 0 Å². The summed E-state index contributed by atoms with van der Waals surface area (Å²) in [4.78, 5) is 41.5. The van der Waals surface area contributed by atoms with Crippen molar-refractivity contribution in [2.75, 3.05) is 20.1 Å². The highest BCUT2D eigenvalue weighted by atomic mass is 16.2. The van der Waals surface area contributed by atoms with Crippen LogP contribution < -0.4 is 5.56 Å². The van der Waals surface area contributed by atoms with Crippen molar-refractivity contribution in [2.45, 2.75) is 45.7 Å². The van der Waals surface area contributed by atoms with Crippen molar-refractivity contribution in [1.29, 1.82) is 0 Å². The fraction of sp³-hybridized carbons (Fsp3) is 0.524. The molecule has 1 aliphatic heterocycles. The van der Waals surface area contributed by atoms with E-state index in [2.05, 4.69) is 5.10 Å². The lowest BCUT2D eigenvalue weighted by molar-refractivity contribution is -0.133. The van der Waals surface area contributed by atoms with Gasteiger partial charge in [-0.2, -0.15) is 5.10 Å². The summed E-state index contributed by atoms with van der Waals surface area (Å²) in [5.41, 5.74) is 1.89. The van der Waals surface area contributed by atoms with Crippen LogP contribution in [0.25, 0.3) is 0 Å². The Morgan fingerprint density at radius 2 is 2.10 bits per heavy atom. The standard InChI is InChI=1S/C21H29N5O3/c1-5-18-17(13-23(3)22-18)21(29)25-11-7-9-16(12-25)24(4)19(27)14-26-10-6-8-15(2)20(26)28/h6,8,10,13,16H,5,7,9,11-12,14H2,1-4H3. The van der Waals surface area contributed by atoms with Gasteiger partial charge in [-0.15, -0.1) is 0 Å². The Bertz CT molecular complexity index is 961. The van der Waals surface area contributed by atoms with Gasteiger partial charge in [-0.05, 0) is 32.3 Å². The molecule has 8 heteroatoms. The van der Waals surface area contributed by atoms with Gasteiger partial charge >= 0.3 is 0 Å². The quantitative estimate of drug-likeness (QED) is 0.757. The molecular formula is C21H29N5O3. The van der Waals surface area contributed by atoms with Gasteiger partial charge in [0.25, 0.3) is 11.5 Å². The minimum atomic E-state index is -0.154. The lowest BCUT2D eigenvalue weighted by Gasteiger charge is -2.37. The number of hydrogen-bond donors (Lipinski definition) is 0. The van der Waals surface area contributed by atoms with E-state index in [1.165, 1.54) is 4.57 Å². The van der Waals surface area contributed by atoms with Gasteiger partial charge in [0.15, 0.2) is 0 Å². The normalized spacial score (nSPS) is 16.7. The Morgan fingerprint density at radius 1 is 1.34 bits per heavy atom. The van der Waals surface area contributed by atoms with E-state index in [-0.39, 0.29) is 30.0 Å². The van der Waals surface area contributed by atoms with Crippen LogP contribution in [0.1, 0.15) is 41.4 Å². The fourth-order valence-corrected chi connectivity index (χ4v) is 3.84. The van der Waals surface area contributed by atoms with Gasteiger partial charge < -0.3 is 14.4 Å². The first kappa shape index (κ1) is 20.8. The highest BCUT2D eigenvalue weighted by Gasteiger charge is 2.30. The molecule has 0 spiro atoms. The minimum Gasteiger partial charge on any atom is -0.339 e. The van der Waals surface area contributed by atoms with Crippen LogP contribution in [0.5, 0.6) is 0 Å². The van der Waals surface area contributed by atoms with Gasteiger partial charge in [-0.25, -0.2) is 0 Å². The average Bonchev–Trinajstić information content (AvgIpc) is 3.11. The van der Waals surface area contributed by atoms with Crippen molar-refractivity contribution in [3.05, 3.63) is 51.7 Å². The number of aromatic nitrogens is 3. The molecule has 156 valence electrons. The first-order valence-electron chi connectivity index (χ1n) is 10.0. The molecule has 3 rings (SSSR count). The zero-order valence-electron chi connectivity index (χ0n) is 17.6. The molecule has 2 amide bonds. The van der Waals surface area contributed by atoms with Crippen molar-refractivity contribution in [3.8, 4) is 0 Å². The molecule has 0 saturated carbocycles. The average molecular weight is 399 g/mol.